The molecule has 0 fully saturated rings. The van der Waals surface area contributed by atoms with Gasteiger partial charge in [0.25, 0.3) is 0 Å². The van der Waals surface area contributed by atoms with Crippen LogP contribution < -0.4 is 0 Å². The number of benzene rings is 10. The summed E-state index contributed by atoms with van der Waals surface area (Å²) in [5, 5.41) is 14.2. The van der Waals surface area contributed by atoms with Gasteiger partial charge in [0.05, 0.1) is 5.56 Å². The minimum absolute atomic E-state index is 0.560. The fraction of sp³-hybridized carbons (Fsp3) is 0. The molecule has 0 radical (unpaired) electrons. The van der Waals surface area contributed by atoms with Crippen LogP contribution in [0.1, 0.15) is 0 Å². The summed E-state index contributed by atoms with van der Waals surface area (Å²) >= 11 is 0. The molecule has 12 aromatic rings. The van der Waals surface area contributed by atoms with Gasteiger partial charge in [-0.1, -0.05) is 164 Å². The molecule has 0 spiro atoms. The zero-order valence-electron chi connectivity index (χ0n) is 30.6. The summed E-state index contributed by atoms with van der Waals surface area (Å²) in [4.78, 5) is 15.7. The van der Waals surface area contributed by atoms with Crippen molar-refractivity contribution in [1.82, 2.24) is 15.0 Å². The molecule has 57 heavy (non-hydrogen) atoms. The minimum atomic E-state index is 0.560. The van der Waals surface area contributed by atoms with Crippen LogP contribution in [0, 0.1) is 0 Å². The Bertz CT molecular complexity index is 3570. The molecule has 264 valence electrons. The second kappa shape index (κ2) is 12.4. The van der Waals surface area contributed by atoms with Crippen molar-refractivity contribution in [2.75, 3.05) is 0 Å². The highest BCUT2D eigenvalue weighted by molar-refractivity contribution is 6.25. The second-order valence-corrected chi connectivity index (χ2v) is 14.7. The molecule has 12 rings (SSSR count). The molecular weight excluding hydrogens is 695 g/mol. The molecule has 0 bridgehead atoms. The van der Waals surface area contributed by atoms with Gasteiger partial charge in [-0.3, -0.25) is 0 Å². The van der Waals surface area contributed by atoms with Crippen molar-refractivity contribution in [2.45, 2.75) is 0 Å². The fourth-order valence-electron chi connectivity index (χ4n) is 8.85. The Morgan fingerprint density at radius 3 is 1.61 bits per heavy atom. The topological polar surface area (TPSA) is 51.8 Å². The highest BCUT2D eigenvalue weighted by atomic mass is 16.3. The molecule has 4 heteroatoms. The fourth-order valence-corrected chi connectivity index (χ4v) is 8.85. The van der Waals surface area contributed by atoms with Crippen molar-refractivity contribution >= 4 is 75.8 Å². The van der Waals surface area contributed by atoms with E-state index < -0.39 is 0 Å². The molecule has 0 saturated carbocycles. The van der Waals surface area contributed by atoms with E-state index in [1.807, 2.05) is 24.3 Å². The number of hydrogen-bond acceptors (Lipinski definition) is 4. The summed E-state index contributed by atoms with van der Waals surface area (Å²) in [6.07, 6.45) is 0. The lowest BCUT2D eigenvalue weighted by molar-refractivity contribution is 0.669. The lowest BCUT2D eigenvalue weighted by atomic mass is 9.93. The first kappa shape index (κ1) is 31.6. The Morgan fingerprint density at radius 2 is 0.825 bits per heavy atom. The standard InChI is InChI=1S/C53H31N3O/c1-2-16-37-32(12-1)26-27-33-13-10-22-38(49(33)37)34-14-9-15-35(30-34)51-54-52(56-53(55-51)46-24-11-23-45-44-21-7-8-25-48(44)57-50(45)46)36-28-29-43-41-19-4-3-17-39(41)40-18-5-6-20-42(40)47(43)31-36/h1-31H. The van der Waals surface area contributed by atoms with Gasteiger partial charge in [0.15, 0.2) is 17.5 Å². The van der Waals surface area contributed by atoms with Crippen molar-refractivity contribution in [3.8, 4) is 45.3 Å². The van der Waals surface area contributed by atoms with Crippen molar-refractivity contribution in [1.29, 1.82) is 0 Å². The lowest BCUT2D eigenvalue weighted by Gasteiger charge is -2.13. The molecule has 0 saturated heterocycles. The average molecular weight is 726 g/mol. The molecule has 0 atom stereocenters. The molecule has 0 aliphatic heterocycles. The summed E-state index contributed by atoms with van der Waals surface area (Å²) in [6, 6.07) is 66.4. The summed E-state index contributed by atoms with van der Waals surface area (Å²) in [5.74, 6) is 1.76. The van der Waals surface area contributed by atoms with Gasteiger partial charge in [-0.2, -0.15) is 0 Å². The monoisotopic (exact) mass is 725 g/mol. The smallest absolute Gasteiger partial charge is 0.167 e. The van der Waals surface area contributed by atoms with E-state index in [4.69, 9.17) is 19.4 Å². The number of para-hydroxylation sites is 2. The summed E-state index contributed by atoms with van der Waals surface area (Å²) in [7, 11) is 0. The number of nitrogens with zero attached hydrogens (tertiary/aromatic N) is 3. The largest absolute Gasteiger partial charge is 0.455 e. The SMILES string of the molecule is c1cc(-c2nc(-c3ccc4c5ccccc5c5ccccc5c4c3)nc(-c3cccc4c3oc3ccccc34)n2)cc(-c2cccc3ccc4ccccc4c23)c1. The number of hydrogen-bond donors (Lipinski definition) is 0. The lowest BCUT2D eigenvalue weighted by Crippen LogP contribution is -2.00. The second-order valence-electron chi connectivity index (χ2n) is 14.7. The molecule has 0 unspecified atom stereocenters. The predicted molar refractivity (Wildman–Crippen MR) is 236 cm³/mol. The van der Waals surface area contributed by atoms with E-state index in [1.165, 1.54) is 54.0 Å². The number of aromatic nitrogens is 3. The van der Waals surface area contributed by atoms with Gasteiger partial charge in [0.2, 0.25) is 0 Å². The van der Waals surface area contributed by atoms with E-state index in [0.29, 0.717) is 17.5 Å². The van der Waals surface area contributed by atoms with Crippen LogP contribution in [0.5, 0.6) is 0 Å². The number of rotatable bonds is 4. The Balaban J connectivity index is 1.10. The van der Waals surface area contributed by atoms with Gasteiger partial charge in [-0.05, 0) is 89.3 Å². The van der Waals surface area contributed by atoms with Crippen LogP contribution in [0.3, 0.4) is 0 Å². The summed E-state index contributed by atoms with van der Waals surface area (Å²) in [5.41, 5.74) is 6.50. The van der Waals surface area contributed by atoms with Crippen LogP contribution in [0.25, 0.3) is 121 Å². The van der Waals surface area contributed by atoms with E-state index in [0.717, 1.165) is 49.6 Å². The maximum Gasteiger partial charge on any atom is 0.167 e. The van der Waals surface area contributed by atoms with Gasteiger partial charge < -0.3 is 4.42 Å². The molecule has 0 aliphatic rings. The van der Waals surface area contributed by atoms with E-state index in [2.05, 4.69) is 164 Å². The maximum atomic E-state index is 6.53. The van der Waals surface area contributed by atoms with Crippen molar-refractivity contribution in [2.24, 2.45) is 0 Å². The van der Waals surface area contributed by atoms with Gasteiger partial charge in [-0.15, -0.1) is 0 Å². The van der Waals surface area contributed by atoms with E-state index in [9.17, 15) is 0 Å². The summed E-state index contributed by atoms with van der Waals surface area (Å²) in [6.45, 7) is 0. The molecule has 10 aromatic carbocycles. The third-order valence-corrected chi connectivity index (χ3v) is 11.5. The molecule has 4 nitrogen and oxygen atoms in total. The van der Waals surface area contributed by atoms with Crippen LogP contribution in [-0.2, 0) is 0 Å². The first-order valence-corrected chi connectivity index (χ1v) is 19.3. The number of furan rings is 1. The van der Waals surface area contributed by atoms with Crippen LogP contribution >= 0.6 is 0 Å². The van der Waals surface area contributed by atoms with E-state index in [-0.39, 0.29) is 0 Å². The zero-order chi connectivity index (χ0) is 37.5. The zero-order valence-corrected chi connectivity index (χ0v) is 30.6. The Labute approximate surface area is 327 Å². The molecule has 2 aromatic heterocycles. The first-order chi connectivity index (χ1) is 28.2. The molecule has 0 amide bonds. The Morgan fingerprint density at radius 1 is 0.298 bits per heavy atom. The van der Waals surface area contributed by atoms with Crippen molar-refractivity contribution in [3.63, 3.8) is 0 Å². The Hall–Kier alpha value is -7.69. The van der Waals surface area contributed by atoms with Crippen molar-refractivity contribution < 1.29 is 4.42 Å². The predicted octanol–water partition coefficient (Wildman–Crippen LogP) is 14.2. The summed E-state index contributed by atoms with van der Waals surface area (Å²) < 4.78 is 6.53. The van der Waals surface area contributed by atoms with Gasteiger partial charge in [0.1, 0.15) is 11.2 Å². The third-order valence-electron chi connectivity index (χ3n) is 11.5. The molecular formula is C53H31N3O. The van der Waals surface area contributed by atoms with E-state index >= 15 is 0 Å². The molecule has 2 heterocycles. The van der Waals surface area contributed by atoms with Crippen LogP contribution in [-0.4, -0.2) is 15.0 Å². The first-order valence-electron chi connectivity index (χ1n) is 19.3. The van der Waals surface area contributed by atoms with Gasteiger partial charge >= 0.3 is 0 Å². The highest BCUT2D eigenvalue weighted by Gasteiger charge is 2.19. The minimum Gasteiger partial charge on any atom is -0.455 e. The molecule has 0 aliphatic carbocycles. The van der Waals surface area contributed by atoms with Crippen LogP contribution in [0.4, 0.5) is 0 Å². The quantitative estimate of drug-likeness (QED) is 0.170. The van der Waals surface area contributed by atoms with Crippen LogP contribution in [0.15, 0.2) is 192 Å². The van der Waals surface area contributed by atoms with E-state index in [1.54, 1.807) is 0 Å². The maximum absolute atomic E-state index is 6.53. The molecule has 0 N–H and O–H groups in total. The highest BCUT2D eigenvalue weighted by Crippen LogP contribution is 2.40. The Kier molecular flexibility index (Phi) is 6.89. The van der Waals surface area contributed by atoms with Gasteiger partial charge in [-0.25, -0.2) is 15.0 Å². The van der Waals surface area contributed by atoms with Gasteiger partial charge in [0, 0.05) is 21.9 Å². The van der Waals surface area contributed by atoms with Crippen molar-refractivity contribution in [3.05, 3.63) is 188 Å². The third kappa shape index (κ3) is 4.98. The normalized spacial score (nSPS) is 11.9. The van der Waals surface area contributed by atoms with Crippen LogP contribution in [0.2, 0.25) is 0 Å². The number of fused-ring (bicyclic) bond motifs is 12. The average Bonchev–Trinajstić information content (AvgIpc) is 3.68.